The maximum atomic E-state index is 8.84. The average molecular weight is 170 g/mol. The topological polar surface area (TPSA) is 32.8 Å². The lowest BCUT2D eigenvalue weighted by Crippen LogP contribution is -2.03. The van der Waals surface area contributed by atoms with E-state index in [1.165, 1.54) is 12.8 Å². The predicted molar refractivity (Wildman–Crippen MR) is 46.8 cm³/mol. The zero-order valence-corrected chi connectivity index (χ0v) is 7.86. The highest BCUT2D eigenvalue weighted by molar-refractivity contribution is 4.95. The molecule has 0 amide bonds. The Labute approximate surface area is 73.9 Å². The summed E-state index contributed by atoms with van der Waals surface area (Å²) in [6, 6.07) is 0. The van der Waals surface area contributed by atoms with E-state index in [-0.39, 0.29) is 0 Å². The van der Waals surface area contributed by atoms with Crippen molar-refractivity contribution in [3.63, 3.8) is 0 Å². The summed E-state index contributed by atoms with van der Waals surface area (Å²) in [6.45, 7) is 4.80. The molecule has 1 aliphatic carbocycles. The molecule has 2 aliphatic rings. The third-order valence-electron chi connectivity index (χ3n) is 3.12. The smallest absolute Gasteiger partial charge is 0.0864 e. The minimum absolute atomic E-state index is 0.379. The highest BCUT2D eigenvalue weighted by atomic mass is 16.6. The van der Waals surface area contributed by atoms with Crippen molar-refractivity contribution in [1.82, 2.24) is 0 Å². The van der Waals surface area contributed by atoms with Crippen LogP contribution in [-0.2, 0) is 4.74 Å². The van der Waals surface area contributed by atoms with Crippen LogP contribution in [0.2, 0.25) is 0 Å². The fourth-order valence-electron chi connectivity index (χ4n) is 2.05. The van der Waals surface area contributed by atoms with E-state index in [2.05, 4.69) is 13.8 Å². The van der Waals surface area contributed by atoms with Gasteiger partial charge in [-0.3, -0.25) is 0 Å². The van der Waals surface area contributed by atoms with Gasteiger partial charge in [0, 0.05) is 6.61 Å². The van der Waals surface area contributed by atoms with Crippen molar-refractivity contribution < 1.29 is 9.84 Å². The van der Waals surface area contributed by atoms with Gasteiger partial charge in [-0.05, 0) is 30.6 Å². The fraction of sp³-hybridized carbons (Fsp3) is 1.00. The van der Waals surface area contributed by atoms with E-state index in [0.717, 1.165) is 5.92 Å². The highest BCUT2D eigenvalue weighted by Gasteiger charge is 2.47. The number of aliphatic hydroxyl groups excluding tert-OH is 1. The SMILES string of the molecule is CC(C)C1OC1CC1CC1CO. The number of hydrogen-bond donors (Lipinski definition) is 1. The van der Waals surface area contributed by atoms with Gasteiger partial charge in [0.2, 0.25) is 0 Å². The molecule has 1 N–H and O–H groups in total. The molecular weight excluding hydrogens is 152 g/mol. The van der Waals surface area contributed by atoms with Gasteiger partial charge in [-0.1, -0.05) is 13.8 Å². The van der Waals surface area contributed by atoms with Crippen LogP contribution >= 0.6 is 0 Å². The monoisotopic (exact) mass is 170 g/mol. The Morgan fingerprint density at radius 2 is 2.17 bits per heavy atom. The van der Waals surface area contributed by atoms with Crippen LogP contribution in [-0.4, -0.2) is 23.9 Å². The summed E-state index contributed by atoms with van der Waals surface area (Å²) in [5.41, 5.74) is 0. The van der Waals surface area contributed by atoms with Crippen LogP contribution < -0.4 is 0 Å². The van der Waals surface area contributed by atoms with Crippen LogP contribution in [0.3, 0.4) is 0 Å². The lowest BCUT2D eigenvalue weighted by Gasteiger charge is -1.96. The molecule has 1 heterocycles. The van der Waals surface area contributed by atoms with Crippen LogP contribution in [0, 0.1) is 17.8 Å². The first-order valence-corrected chi connectivity index (χ1v) is 4.98. The van der Waals surface area contributed by atoms with Gasteiger partial charge < -0.3 is 9.84 Å². The van der Waals surface area contributed by atoms with Crippen LogP contribution in [0.25, 0.3) is 0 Å². The third-order valence-corrected chi connectivity index (χ3v) is 3.12. The minimum atomic E-state index is 0.379. The van der Waals surface area contributed by atoms with Crippen molar-refractivity contribution in [2.24, 2.45) is 17.8 Å². The number of epoxide rings is 1. The number of rotatable bonds is 4. The lowest BCUT2D eigenvalue weighted by atomic mass is 10.0. The molecule has 0 radical (unpaired) electrons. The molecule has 0 aromatic rings. The molecule has 0 aromatic heterocycles. The molecule has 1 saturated heterocycles. The quantitative estimate of drug-likeness (QED) is 0.647. The van der Waals surface area contributed by atoms with Crippen LogP contribution in [0.15, 0.2) is 0 Å². The second-order valence-corrected chi connectivity index (χ2v) is 4.56. The van der Waals surface area contributed by atoms with Gasteiger partial charge in [-0.25, -0.2) is 0 Å². The Balaban J connectivity index is 1.65. The summed E-state index contributed by atoms with van der Waals surface area (Å²) in [7, 11) is 0. The van der Waals surface area contributed by atoms with Gasteiger partial charge in [-0.15, -0.1) is 0 Å². The standard InChI is InChI=1S/C10H18O2/c1-6(2)10-9(12-10)4-7-3-8(7)5-11/h6-11H,3-5H2,1-2H3. The molecule has 2 nitrogen and oxygen atoms in total. The summed E-state index contributed by atoms with van der Waals surface area (Å²) in [4.78, 5) is 0. The summed E-state index contributed by atoms with van der Waals surface area (Å²) >= 11 is 0. The van der Waals surface area contributed by atoms with Crippen molar-refractivity contribution in [1.29, 1.82) is 0 Å². The van der Waals surface area contributed by atoms with Gasteiger partial charge in [0.25, 0.3) is 0 Å². The molecule has 70 valence electrons. The predicted octanol–water partition coefficient (Wildman–Crippen LogP) is 1.43. The minimum Gasteiger partial charge on any atom is -0.396 e. The summed E-state index contributed by atoms with van der Waals surface area (Å²) in [5.74, 6) is 2.03. The average Bonchev–Trinajstić information content (AvgIpc) is 2.85. The van der Waals surface area contributed by atoms with Crippen molar-refractivity contribution in [2.75, 3.05) is 6.61 Å². The Hall–Kier alpha value is -0.0800. The van der Waals surface area contributed by atoms with Crippen molar-refractivity contribution in [3.8, 4) is 0 Å². The van der Waals surface area contributed by atoms with Crippen LogP contribution in [0.5, 0.6) is 0 Å². The van der Waals surface area contributed by atoms with Crippen LogP contribution in [0.4, 0.5) is 0 Å². The van der Waals surface area contributed by atoms with Gasteiger partial charge >= 0.3 is 0 Å². The van der Waals surface area contributed by atoms with Crippen LogP contribution in [0.1, 0.15) is 26.7 Å². The number of ether oxygens (including phenoxy) is 1. The second kappa shape index (κ2) is 3.00. The molecule has 0 spiro atoms. The molecule has 0 aromatic carbocycles. The van der Waals surface area contributed by atoms with E-state index in [4.69, 9.17) is 9.84 Å². The Kier molecular flexibility index (Phi) is 2.13. The number of hydrogen-bond acceptors (Lipinski definition) is 2. The summed E-state index contributed by atoms with van der Waals surface area (Å²) in [5, 5.41) is 8.84. The molecular formula is C10H18O2. The Bertz CT molecular complexity index is 167. The molecule has 0 bridgehead atoms. The third kappa shape index (κ3) is 1.64. The molecule has 1 saturated carbocycles. The highest BCUT2D eigenvalue weighted by Crippen LogP contribution is 2.46. The van der Waals surface area contributed by atoms with E-state index in [9.17, 15) is 0 Å². The molecule has 2 fully saturated rings. The van der Waals surface area contributed by atoms with Crippen molar-refractivity contribution in [2.45, 2.75) is 38.9 Å². The fourth-order valence-corrected chi connectivity index (χ4v) is 2.05. The van der Waals surface area contributed by atoms with Crippen molar-refractivity contribution in [3.05, 3.63) is 0 Å². The van der Waals surface area contributed by atoms with E-state index >= 15 is 0 Å². The van der Waals surface area contributed by atoms with Crippen molar-refractivity contribution >= 4 is 0 Å². The van der Waals surface area contributed by atoms with Gasteiger partial charge in [0.1, 0.15) is 0 Å². The molecule has 12 heavy (non-hydrogen) atoms. The first kappa shape index (κ1) is 8.52. The number of aliphatic hydroxyl groups is 1. The maximum Gasteiger partial charge on any atom is 0.0864 e. The Morgan fingerprint density at radius 1 is 1.42 bits per heavy atom. The summed E-state index contributed by atoms with van der Waals surface area (Å²) in [6.07, 6.45) is 3.45. The maximum absolute atomic E-state index is 8.84. The normalized spacial score (nSPS) is 45.0. The van der Waals surface area contributed by atoms with E-state index < -0.39 is 0 Å². The molecule has 4 unspecified atom stereocenters. The zero-order chi connectivity index (χ0) is 8.72. The van der Waals surface area contributed by atoms with E-state index in [1.54, 1.807) is 0 Å². The molecule has 2 rings (SSSR count). The lowest BCUT2D eigenvalue weighted by molar-refractivity contribution is 0.264. The van der Waals surface area contributed by atoms with Gasteiger partial charge in [-0.2, -0.15) is 0 Å². The first-order valence-electron chi connectivity index (χ1n) is 4.98. The largest absolute Gasteiger partial charge is 0.396 e. The first-order chi connectivity index (χ1) is 5.72. The second-order valence-electron chi connectivity index (χ2n) is 4.56. The molecule has 4 atom stereocenters. The molecule has 1 aliphatic heterocycles. The van der Waals surface area contributed by atoms with Gasteiger partial charge in [0.15, 0.2) is 0 Å². The van der Waals surface area contributed by atoms with Gasteiger partial charge in [0.05, 0.1) is 12.2 Å². The Morgan fingerprint density at radius 3 is 2.58 bits per heavy atom. The summed E-state index contributed by atoms with van der Waals surface area (Å²) < 4.78 is 5.54. The molecule has 2 heteroatoms. The van der Waals surface area contributed by atoms with E-state index in [1.807, 2.05) is 0 Å². The van der Waals surface area contributed by atoms with E-state index in [0.29, 0.717) is 30.7 Å². The zero-order valence-electron chi connectivity index (χ0n) is 7.86.